The van der Waals surface area contributed by atoms with Crippen LogP contribution in [0.4, 0.5) is 11.4 Å². The molecule has 1 aromatic rings. The third kappa shape index (κ3) is 5.21. The van der Waals surface area contributed by atoms with Gasteiger partial charge in [-0.3, -0.25) is 4.79 Å². The van der Waals surface area contributed by atoms with E-state index in [1.54, 1.807) is 41.3 Å². The van der Waals surface area contributed by atoms with Gasteiger partial charge in [-0.2, -0.15) is 10.5 Å². The van der Waals surface area contributed by atoms with Crippen LogP contribution in [0.1, 0.15) is 0 Å². The summed E-state index contributed by atoms with van der Waals surface area (Å²) in [5, 5.41) is 22.8. The number of benzene rings is 1. The normalized spacial score (nSPS) is 9.25. The Morgan fingerprint density at radius 3 is 2.25 bits per heavy atom. The SMILES string of the molecule is CN(C)CC(=O)Nc1ccc(NC=C(C#N)C#N)cc1. The number of anilines is 2. The highest BCUT2D eigenvalue weighted by molar-refractivity contribution is 5.92. The molecule has 0 unspecified atom stereocenters. The Labute approximate surface area is 117 Å². The fourth-order valence-electron chi connectivity index (χ4n) is 1.38. The van der Waals surface area contributed by atoms with E-state index in [0.717, 1.165) is 5.69 Å². The van der Waals surface area contributed by atoms with Crippen molar-refractivity contribution in [2.75, 3.05) is 31.3 Å². The van der Waals surface area contributed by atoms with E-state index in [1.807, 2.05) is 14.1 Å². The Hall–Kier alpha value is -2.83. The van der Waals surface area contributed by atoms with E-state index >= 15 is 0 Å². The number of rotatable bonds is 5. The third-order valence-electron chi connectivity index (χ3n) is 2.25. The molecule has 1 amide bonds. The summed E-state index contributed by atoms with van der Waals surface area (Å²) in [5.74, 6) is -0.0909. The number of nitriles is 2. The van der Waals surface area contributed by atoms with Crippen molar-refractivity contribution in [3.63, 3.8) is 0 Å². The van der Waals surface area contributed by atoms with Crippen LogP contribution < -0.4 is 10.6 Å². The van der Waals surface area contributed by atoms with Gasteiger partial charge in [-0.15, -0.1) is 0 Å². The van der Waals surface area contributed by atoms with Crippen LogP contribution in [-0.2, 0) is 4.79 Å². The second kappa shape index (κ2) is 7.57. The summed E-state index contributed by atoms with van der Waals surface area (Å²) in [7, 11) is 3.64. The van der Waals surface area contributed by atoms with Crippen LogP contribution in [0.3, 0.4) is 0 Å². The molecule has 6 heteroatoms. The topological polar surface area (TPSA) is 91.9 Å². The number of nitrogens with zero attached hydrogens (tertiary/aromatic N) is 3. The molecule has 0 atom stereocenters. The highest BCUT2D eigenvalue weighted by Gasteiger charge is 2.03. The predicted octanol–water partition coefficient (Wildman–Crippen LogP) is 1.53. The van der Waals surface area contributed by atoms with Gasteiger partial charge < -0.3 is 15.5 Å². The van der Waals surface area contributed by atoms with E-state index < -0.39 is 0 Å². The van der Waals surface area contributed by atoms with Gasteiger partial charge in [-0.05, 0) is 38.4 Å². The first kappa shape index (κ1) is 15.2. The highest BCUT2D eigenvalue weighted by Crippen LogP contribution is 2.13. The lowest BCUT2D eigenvalue weighted by atomic mass is 10.2. The van der Waals surface area contributed by atoms with Crippen molar-refractivity contribution >= 4 is 17.3 Å². The molecule has 0 saturated carbocycles. The summed E-state index contributed by atoms with van der Waals surface area (Å²) in [6, 6.07) is 10.5. The first-order valence-electron chi connectivity index (χ1n) is 5.86. The zero-order chi connectivity index (χ0) is 15.0. The lowest BCUT2D eigenvalue weighted by molar-refractivity contribution is -0.116. The fraction of sp³-hybridized carbons (Fsp3) is 0.214. The molecule has 0 bridgehead atoms. The van der Waals surface area contributed by atoms with Crippen molar-refractivity contribution in [3.8, 4) is 12.1 Å². The predicted molar refractivity (Wildman–Crippen MR) is 76.6 cm³/mol. The summed E-state index contributed by atoms with van der Waals surface area (Å²) < 4.78 is 0. The summed E-state index contributed by atoms with van der Waals surface area (Å²) in [6.45, 7) is 0.316. The minimum absolute atomic E-state index is 0.00615. The zero-order valence-electron chi connectivity index (χ0n) is 11.3. The van der Waals surface area contributed by atoms with Gasteiger partial charge in [0.25, 0.3) is 0 Å². The van der Waals surface area contributed by atoms with E-state index in [4.69, 9.17) is 10.5 Å². The fourth-order valence-corrected chi connectivity index (χ4v) is 1.38. The van der Waals surface area contributed by atoms with Crippen molar-refractivity contribution in [3.05, 3.63) is 36.0 Å². The van der Waals surface area contributed by atoms with Crippen LogP contribution >= 0.6 is 0 Å². The van der Waals surface area contributed by atoms with Gasteiger partial charge in [0.15, 0.2) is 0 Å². The minimum Gasteiger partial charge on any atom is -0.360 e. The number of nitrogens with one attached hydrogen (secondary N) is 2. The maximum absolute atomic E-state index is 11.6. The second-order valence-electron chi connectivity index (χ2n) is 4.29. The molecule has 0 aliphatic heterocycles. The van der Waals surface area contributed by atoms with Gasteiger partial charge in [0, 0.05) is 17.6 Å². The number of amides is 1. The van der Waals surface area contributed by atoms with Crippen molar-refractivity contribution in [1.29, 1.82) is 10.5 Å². The van der Waals surface area contributed by atoms with E-state index in [-0.39, 0.29) is 11.5 Å². The molecule has 1 rings (SSSR count). The molecule has 0 aliphatic carbocycles. The molecule has 102 valence electrons. The van der Waals surface area contributed by atoms with Crippen LogP contribution in [0, 0.1) is 22.7 Å². The van der Waals surface area contributed by atoms with Gasteiger partial charge in [0.2, 0.25) is 5.91 Å². The molecule has 0 radical (unpaired) electrons. The molecule has 0 spiro atoms. The number of likely N-dealkylation sites (N-methyl/N-ethyl adjacent to an activating group) is 1. The van der Waals surface area contributed by atoms with Crippen LogP contribution in [0.5, 0.6) is 0 Å². The first-order valence-corrected chi connectivity index (χ1v) is 5.86. The van der Waals surface area contributed by atoms with Crippen molar-refractivity contribution in [2.24, 2.45) is 0 Å². The number of hydrogen-bond donors (Lipinski definition) is 2. The minimum atomic E-state index is -0.0909. The van der Waals surface area contributed by atoms with Crippen molar-refractivity contribution in [1.82, 2.24) is 4.90 Å². The number of carbonyl (C=O) groups excluding carboxylic acids is 1. The van der Waals surface area contributed by atoms with E-state index in [1.165, 1.54) is 6.20 Å². The number of allylic oxidation sites excluding steroid dienone is 1. The molecule has 0 aromatic heterocycles. The quantitative estimate of drug-likeness (QED) is 0.791. The Kier molecular flexibility index (Phi) is 5.76. The Bertz CT molecular complexity index is 559. The van der Waals surface area contributed by atoms with Crippen LogP contribution in [0.15, 0.2) is 36.0 Å². The molecular formula is C14H15N5O. The average Bonchev–Trinajstić information content (AvgIpc) is 2.40. The summed E-state index contributed by atoms with van der Waals surface area (Å²) in [4.78, 5) is 13.3. The molecule has 6 nitrogen and oxygen atoms in total. The van der Waals surface area contributed by atoms with Gasteiger partial charge in [-0.25, -0.2) is 0 Å². The molecule has 0 aliphatic rings. The van der Waals surface area contributed by atoms with E-state index in [0.29, 0.717) is 12.2 Å². The standard InChI is InChI=1S/C14H15N5O/c1-19(2)10-14(20)18-13-5-3-12(4-6-13)17-9-11(7-15)8-16/h3-6,9,17H,10H2,1-2H3,(H,18,20). The molecule has 0 heterocycles. The van der Waals surface area contributed by atoms with Gasteiger partial charge in [0.05, 0.1) is 6.54 Å². The molecule has 0 fully saturated rings. The van der Waals surface area contributed by atoms with E-state index in [9.17, 15) is 4.79 Å². The Balaban J connectivity index is 2.62. The Morgan fingerprint density at radius 1 is 1.20 bits per heavy atom. The number of carbonyl (C=O) groups is 1. The molecular weight excluding hydrogens is 254 g/mol. The van der Waals surface area contributed by atoms with Crippen LogP contribution in [0.2, 0.25) is 0 Å². The summed E-state index contributed by atoms with van der Waals surface area (Å²) in [6.07, 6.45) is 1.33. The second-order valence-corrected chi connectivity index (χ2v) is 4.29. The van der Waals surface area contributed by atoms with Crippen molar-refractivity contribution in [2.45, 2.75) is 0 Å². The van der Waals surface area contributed by atoms with Gasteiger partial charge in [0.1, 0.15) is 17.7 Å². The van der Waals surface area contributed by atoms with Gasteiger partial charge >= 0.3 is 0 Å². The molecule has 1 aromatic carbocycles. The molecule has 20 heavy (non-hydrogen) atoms. The van der Waals surface area contributed by atoms with Crippen LogP contribution in [0.25, 0.3) is 0 Å². The van der Waals surface area contributed by atoms with E-state index in [2.05, 4.69) is 10.6 Å². The van der Waals surface area contributed by atoms with Crippen LogP contribution in [-0.4, -0.2) is 31.4 Å². The summed E-state index contributed by atoms with van der Waals surface area (Å²) in [5.41, 5.74) is 1.40. The summed E-state index contributed by atoms with van der Waals surface area (Å²) >= 11 is 0. The molecule has 2 N–H and O–H groups in total. The van der Waals surface area contributed by atoms with Crippen molar-refractivity contribution < 1.29 is 4.79 Å². The van der Waals surface area contributed by atoms with Gasteiger partial charge in [-0.1, -0.05) is 0 Å². The molecule has 0 saturated heterocycles. The maximum atomic E-state index is 11.6. The Morgan fingerprint density at radius 2 is 1.75 bits per heavy atom. The smallest absolute Gasteiger partial charge is 0.238 e. The maximum Gasteiger partial charge on any atom is 0.238 e. The first-order chi connectivity index (χ1) is 9.55. The third-order valence-corrected chi connectivity index (χ3v) is 2.25. The largest absolute Gasteiger partial charge is 0.360 e. The number of hydrogen-bond acceptors (Lipinski definition) is 5. The lowest BCUT2D eigenvalue weighted by Gasteiger charge is -2.10. The zero-order valence-corrected chi connectivity index (χ0v) is 11.3. The average molecular weight is 269 g/mol. The lowest BCUT2D eigenvalue weighted by Crippen LogP contribution is -2.27. The highest BCUT2D eigenvalue weighted by atomic mass is 16.2. The monoisotopic (exact) mass is 269 g/mol.